The van der Waals surface area contributed by atoms with Crippen LogP contribution in [0, 0.1) is 0 Å². The van der Waals surface area contributed by atoms with Crippen molar-refractivity contribution >= 4 is 21.8 Å². The van der Waals surface area contributed by atoms with E-state index in [-0.39, 0.29) is 11.9 Å². The Labute approximate surface area is 139 Å². The van der Waals surface area contributed by atoms with E-state index < -0.39 is 0 Å². The normalized spacial score (nSPS) is 12.3. The highest BCUT2D eigenvalue weighted by molar-refractivity contribution is 9.09. The molecule has 1 unspecified atom stereocenters. The minimum Gasteiger partial charge on any atom is -0.383 e. The molecule has 0 saturated heterocycles. The van der Waals surface area contributed by atoms with Crippen LogP contribution in [0.25, 0.3) is 0 Å². The molecule has 0 aliphatic carbocycles. The van der Waals surface area contributed by atoms with Crippen molar-refractivity contribution in [3.05, 3.63) is 0 Å². The molecule has 0 aliphatic rings. The Balaban J connectivity index is 3.43. The number of hydrogen-bond acceptors (Lipinski definition) is 2. The zero-order chi connectivity index (χ0) is 15.8. The summed E-state index contributed by atoms with van der Waals surface area (Å²) in [5.74, 6) is 0.168. The zero-order valence-electron chi connectivity index (χ0n) is 14.0. The molecule has 0 aromatic carbocycles. The van der Waals surface area contributed by atoms with Gasteiger partial charge in [0, 0.05) is 18.9 Å². The summed E-state index contributed by atoms with van der Waals surface area (Å²) in [6, 6.07) is 0.139. The second-order valence-corrected chi connectivity index (χ2v) is 6.57. The number of methoxy groups -OCH3 is 1. The number of unbranched alkanes of at least 4 members (excludes halogenated alkanes) is 8. The van der Waals surface area contributed by atoms with Crippen LogP contribution in [0.5, 0.6) is 0 Å². The van der Waals surface area contributed by atoms with Crippen molar-refractivity contribution in [2.24, 2.45) is 0 Å². The van der Waals surface area contributed by atoms with E-state index in [1.807, 2.05) is 0 Å². The Morgan fingerprint density at radius 1 is 1.05 bits per heavy atom. The van der Waals surface area contributed by atoms with E-state index >= 15 is 0 Å². The molecule has 0 spiro atoms. The number of ether oxygens (including phenoxy) is 1. The van der Waals surface area contributed by atoms with E-state index in [0.717, 1.165) is 18.2 Å². The molecule has 1 amide bonds. The second kappa shape index (κ2) is 16.3. The van der Waals surface area contributed by atoms with Gasteiger partial charge in [0.05, 0.1) is 12.6 Å². The van der Waals surface area contributed by atoms with Gasteiger partial charge in [-0.05, 0) is 12.8 Å². The van der Waals surface area contributed by atoms with E-state index in [0.29, 0.717) is 13.0 Å². The van der Waals surface area contributed by atoms with Gasteiger partial charge >= 0.3 is 0 Å². The van der Waals surface area contributed by atoms with Gasteiger partial charge in [0.1, 0.15) is 0 Å². The van der Waals surface area contributed by atoms with Gasteiger partial charge in [-0.25, -0.2) is 0 Å². The lowest BCUT2D eigenvalue weighted by Gasteiger charge is -2.16. The van der Waals surface area contributed by atoms with Crippen molar-refractivity contribution in [1.82, 2.24) is 5.32 Å². The van der Waals surface area contributed by atoms with Crippen molar-refractivity contribution in [2.45, 2.75) is 83.6 Å². The van der Waals surface area contributed by atoms with E-state index in [2.05, 4.69) is 28.2 Å². The van der Waals surface area contributed by atoms with Crippen LogP contribution in [-0.4, -0.2) is 31.0 Å². The maximum absolute atomic E-state index is 11.8. The molecule has 126 valence electrons. The Bertz CT molecular complexity index is 231. The first-order valence-corrected chi connectivity index (χ1v) is 9.71. The zero-order valence-corrected chi connectivity index (χ0v) is 15.6. The van der Waals surface area contributed by atoms with Crippen LogP contribution in [0.2, 0.25) is 0 Å². The maximum atomic E-state index is 11.8. The highest BCUT2D eigenvalue weighted by atomic mass is 79.9. The van der Waals surface area contributed by atoms with Crippen LogP contribution in [0.1, 0.15) is 77.6 Å². The Hall–Kier alpha value is -0.0900. The highest BCUT2D eigenvalue weighted by Gasteiger charge is 2.10. The number of alkyl halides is 1. The average Bonchev–Trinajstić information content (AvgIpc) is 2.46. The van der Waals surface area contributed by atoms with Crippen LogP contribution in [0.4, 0.5) is 0 Å². The van der Waals surface area contributed by atoms with Gasteiger partial charge in [-0.1, -0.05) is 74.2 Å². The molecule has 0 aromatic heterocycles. The number of hydrogen-bond donors (Lipinski definition) is 1. The molecular weight excluding hydrogens is 330 g/mol. The number of carbonyl (C=O) groups excluding carboxylic acids is 1. The largest absolute Gasteiger partial charge is 0.383 e. The molecule has 0 aromatic rings. The number of amides is 1. The molecule has 3 nitrogen and oxygen atoms in total. The summed E-state index contributed by atoms with van der Waals surface area (Å²) < 4.78 is 5.12. The Morgan fingerprint density at radius 3 is 2.14 bits per heavy atom. The minimum atomic E-state index is 0.139. The number of carbonyl (C=O) groups is 1. The monoisotopic (exact) mass is 363 g/mol. The smallest absolute Gasteiger partial charge is 0.220 e. The van der Waals surface area contributed by atoms with Crippen LogP contribution in [-0.2, 0) is 9.53 Å². The standard InChI is InChI=1S/C17H34BrNO2/c1-3-4-5-6-7-8-9-10-11-12-17(20)19-16(13-14-18)15-21-2/h16H,3-15H2,1-2H3,(H,19,20). The quantitative estimate of drug-likeness (QED) is 0.334. The fourth-order valence-electron chi connectivity index (χ4n) is 2.43. The summed E-state index contributed by atoms with van der Waals surface area (Å²) in [6.07, 6.45) is 13.1. The second-order valence-electron chi connectivity index (χ2n) is 5.78. The van der Waals surface area contributed by atoms with E-state index in [1.165, 1.54) is 51.4 Å². The number of rotatable bonds is 15. The summed E-state index contributed by atoms with van der Waals surface area (Å²) in [5, 5.41) is 3.94. The van der Waals surface area contributed by atoms with Crippen molar-refractivity contribution in [1.29, 1.82) is 0 Å². The average molecular weight is 364 g/mol. The van der Waals surface area contributed by atoms with Crippen LogP contribution in [0.3, 0.4) is 0 Å². The van der Waals surface area contributed by atoms with Gasteiger partial charge in [0.25, 0.3) is 0 Å². The summed E-state index contributed by atoms with van der Waals surface area (Å²) in [4.78, 5) is 11.8. The van der Waals surface area contributed by atoms with Crippen molar-refractivity contribution in [3.8, 4) is 0 Å². The summed E-state index contributed by atoms with van der Waals surface area (Å²) in [6.45, 7) is 2.84. The van der Waals surface area contributed by atoms with E-state index in [9.17, 15) is 4.79 Å². The van der Waals surface area contributed by atoms with Crippen molar-refractivity contribution in [3.63, 3.8) is 0 Å². The topological polar surface area (TPSA) is 38.3 Å². The first-order valence-electron chi connectivity index (χ1n) is 8.58. The number of halogens is 1. The molecule has 21 heavy (non-hydrogen) atoms. The van der Waals surface area contributed by atoms with Crippen LogP contribution in [0.15, 0.2) is 0 Å². The molecule has 1 N–H and O–H groups in total. The fraction of sp³-hybridized carbons (Fsp3) is 0.941. The molecule has 0 saturated carbocycles. The molecular formula is C17H34BrNO2. The molecule has 0 heterocycles. The summed E-state index contributed by atoms with van der Waals surface area (Å²) in [7, 11) is 1.67. The molecule has 0 fully saturated rings. The lowest BCUT2D eigenvalue weighted by atomic mass is 10.1. The maximum Gasteiger partial charge on any atom is 0.220 e. The fourth-order valence-corrected chi connectivity index (χ4v) is 2.98. The molecule has 0 bridgehead atoms. The first-order chi connectivity index (χ1) is 10.2. The number of nitrogens with one attached hydrogen (secondary N) is 1. The molecule has 0 aliphatic heterocycles. The molecule has 0 radical (unpaired) electrons. The predicted octanol–water partition coefficient (Wildman–Crippen LogP) is 4.82. The Morgan fingerprint density at radius 2 is 1.62 bits per heavy atom. The van der Waals surface area contributed by atoms with Crippen LogP contribution < -0.4 is 5.32 Å². The van der Waals surface area contributed by atoms with E-state index in [4.69, 9.17) is 4.74 Å². The van der Waals surface area contributed by atoms with Crippen molar-refractivity contribution in [2.75, 3.05) is 19.0 Å². The molecule has 0 rings (SSSR count). The first kappa shape index (κ1) is 20.9. The summed E-state index contributed by atoms with van der Waals surface area (Å²) in [5.41, 5.74) is 0. The van der Waals surface area contributed by atoms with Gasteiger partial charge in [-0.2, -0.15) is 0 Å². The molecule has 4 heteroatoms. The lowest BCUT2D eigenvalue weighted by Crippen LogP contribution is -2.38. The third-order valence-corrected chi connectivity index (χ3v) is 4.16. The van der Waals surface area contributed by atoms with Gasteiger partial charge in [0.2, 0.25) is 5.91 Å². The van der Waals surface area contributed by atoms with E-state index in [1.54, 1.807) is 7.11 Å². The third-order valence-electron chi connectivity index (χ3n) is 3.70. The van der Waals surface area contributed by atoms with Gasteiger partial charge in [-0.15, -0.1) is 0 Å². The van der Waals surface area contributed by atoms with Crippen LogP contribution >= 0.6 is 15.9 Å². The van der Waals surface area contributed by atoms with Gasteiger partial charge in [-0.3, -0.25) is 4.79 Å². The van der Waals surface area contributed by atoms with Crippen molar-refractivity contribution < 1.29 is 9.53 Å². The summed E-state index contributed by atoms with van der Waals surface area (Å²) >= 11 is 3.41. The SMILES string of the molecule is CCCCCCCCCCCC(=O)NC(CCBr)COC. The lowest BCUT2D eigenvalue weighted by molar-refractivity contribution is -0.122. The minimum absolute atomic E-state index is 0.139. The highest BCUT2D eigenvalue weighted by Crippen LogP contribution is 2.10. The predicted molar refractivity (Wildman–Crippen MR) is 94.1 cm³/mol. The third kappa shape index (κ3) is 14.6. The Kier molecular flexibility index (Phi) is 16.2. The van der Waals surface area contributed by atoms with Gasteiger partial charge < -0.3 is 10.1 Å². The van der Waals surface area contributed by atoms with Gasteiger partial charge in [0.15, 0.2) is 0 Å². The molecule has 1 atom stereocenters.